The number of nitrogens with two attached hydrogens (primary N) is 1. The summed E-state index contributed by atoms with van der Waals surface area (Å²) in [7, 11) is 1.56. The third-order valence-electron chi connectivity index (χ3n) is 2.02. The molecule has 3 N–H and O–H groups in total. The number of aryl methyl sites for hydroxylation is 1. The van der Waals surface area contributed by atoms with Gasteiger partial charge in [-0.25, -0.2) is 0 Å². The van der Waals surface area contributed by atoms with Crippen LogP contribution in [-0.4, -0.2) is 12.2 Å². The number of hydrogen-bond acceptors (Lipinski definition) is 3. The summed E-state index contributed by atoms with van der Waals surface area (Å²) in [6.07, 6.45) is -0.0505. The van der Waals surface area contributed by atoms with E-state index in [1.807, 2.05) is 18.2 Å². The van der Waals surface area contributed by atoms with Crippen molar-refractivity contribution in [3.63, 3.8) is 0 Å². The van der Waals surface area contributed by atoms with Crippen LogP contribution in [0.5, 0.6) is 5.75 Å². The largest absolute Gasteiger partial charge is 0.496 e. The lowest BCUT2D eigenvalue weighted by molar-refractivity contribution is 0.181. The summed E-state index contributed by atoms with van der Waals surface area (Å²) >= 11 is 0. The zero-order chi connectivity index (χ0) is 9.84. The van der Waals surface area contributed by atoms with Gasteiger partial charge in [0.05, 0.1) is 7.11 Å². The summed E-state index contributed by atoms with van der Waals surface area (Å²) in [5.74, 6) is 0.632. The highest BCUT2D eigenvalue weighted by molar-refractivity contribution is 5.38. The van der Waals surface area contributed by atoms with Crippen molar-refractivity contribution in [3.8, 4) is 5.75 Å². The molecule has 3 heteroatoms. The minimum absolute atomic E-state index is 0.632. The summed E-state index contributed by atoms with van der Waals surface area (Å²) < 4.78 is 5.07. The van der Waals surface area contributed by atoms with E-state index in [1.54, 1.807) is 7.11 Å². The highest BCUT2D eigenvalue weighted by Gasteiger charge is 2.08. The molecule has 1 aromatic carbocycles. The Balaban J connectivity index is 3.10. The second kappa shape index (κ2) is 4.25. The van der Waals surface area contributed by atoms with Crippen LogP contribution in [0.25, 0.3) is 0 Å². The number of hydrogen-bond donors (Lipinski definition) is 2. The van der Waals surface area contributed by atoms with Crippen molar-refractivity contribution >= 4 is 0 Å². The highest BCUT2D eigenvalue weighted by Crippen LogP contribution is 2.23. The van der Waals surface area contributed by atoms with E-state index in [-0.39, 0.29) is 0 Å². The first-order valence-corrected chi connectivity index (χ1v) is 4.29. The number of methoxy groups -OCH3 is 1. The molecule has 0 heterocycles. The molecule has 0 aliphatic heterocycles. The molecule has 1 rings (SSSR count). The number of aliphatic hydroxyl groups excluding tert-OH is 1. The standard InChI is InChI=1S/C10H15NO2/c1-3-7-4-5-9(13-2)8(6-7)10(11)12/h4-6,10,12H,3,11H2,1-2H3. The maximum absolute atomic E-state index is 9.25. The van der Waals surface area contributed by atoms with Crippen LogP contribution in [0.15, 0.2) is 18.2 Å². The van der Waals surface area contributed by atoms with Gasteiger partial charge in [-0.2, -0.15) is 0 Å². The Morgan fingerprint density at radius 2 is 2.23 bits per heavy atom. The van der Waals surface area contributed by atoms with Crippen molar-refractivity contribution in [1.82, 2.24) is 0 Å². The van der Waals surface area contributed by atoms with Gasteiger partial charge in [-0.05, 0) is 24.1 Å². The fourth-order valence-corrected chi connectivity index (χ4v) is 1.23. The molecule has 0 saturated heterocycles. The van der Waals surface area contributed by atoms with E-state index in [4.69, 9.17) is 10.5 Å². The Hall–Kier alpha value is -1.06. The van der Waals surface area contributed by atoms with Crippen LogP contribution in [-0.2, 0) is 6.42 Å². The predicted molar refractivity (Wildman–Crippen MR) is 51.5 cm³/mol. The number of rotatable bonds is 3. The second-order valence-corrected chi connectivity index (χ2v) is 2.87. The maximum atomic E-state index is 9.25. The van der Waals surface area contributed by atoms with Crippen LogP contribution in [0.1, 0.15) is 24.3 Å². The molecule has 0 spiro atoms. The molecule has 0 amide bonds. The van der Waals surface area contributed by atoms with Crippen LogP contribution in [0, 0.1) is 0 Å². The molecule has 0 saturated carbocycles. The van der Waals surface area contributed by atoms with Crippen molar-refractivity contribution in [2.75, 3.05) is 7.11 Å². The minimum Gasteiger partial charge on any atom is -0.496 e. The zero-order valence-electron chi connectivity index (χ0n) is 7.95. The van der Waals surface area contributed by atoms with Crippen LogP contribution >= 0.6 is 0 Å². The molecule has 0 aliphatic carbocycles. The number of benzene rings is 1. The molecule has 3 nitrogen and oxygen atoms in total. The topological polar surface area (TPSA) is 55.5 Å². The third kappa shape index (κ3) is 2.20. The predicted octanol–water partition coefficient (Wildman–Crippen LogP) is 1.21. The van der Waals surface area contributed by atoms with Gasteiger partial charge in [-0.3, -0.25) is 0 Å². The van der Waals surface area contributed by atoms with E-state index >= 15 is 0 Å². The zero-order valence-corrected chi connectivity index (χ0v) is 7.95. The summed E-state index contributed by atoms with van der Waals surface area (Å²) in [5.41, 5.74) is 7.17. The first-order chi connectivity index (χ1) is 6.19. The third-order valence-corrected chi connectivity index (χ3v) is 2.02. The van der Waals surface area contributed by atoms with E-state index in [1.165, 1.54) is 0 Å². The van der Waals surface area contributed by atoms with Crippen LogP contribution in [0.3, 0.4) is 0 Å². The summed E-state index contributed by atoms with van der Waals surface area (Å²) in [4.78, 5) is 0. The van der Waals surface area contributed by atoms with Crippen molar-refractivity contribution < 1.29 is 9.84 Å². The Bertz CT molecular complexity index is 284. The Kier molecular flexibility index (Phi) is 3.28. The summed E-state index contributed by atoms with van der Waals surface area (Å²) in [6, 6.07) is 5.65. The quantitative estimate of drug-likeness (QED) is 0.689. The smallest absolute Gasteiger partial charge is 0.132 e. The van der Waals surface area contributed by atoms with Crippen LogP contribution < -0.4 is 10.5 Å². The normalized spacial score (nSPS) is 12.6. The van der Waals surface area contributed by atoms with E-state index in [0.29, 0.717) is 11.3 Å². The van der Waals surface area contributed by atoms with Gasteiger partial charge in [-0.15, -0.1) is 0 Å². The lowest BCUT2D eigenvalue weighted by Gasteiger charge is -2.11. The molecule has 1 unspecified atom stereocenters. The van der Waals surface area contributed by atoms with Gasteiger partial charge < -0.3 is 15.6 Å². The molecule has 0 aliphatic rings. The number of aliphatic hydroxyl groups is 1. The molecule has 72 valence electrons. The molecule has 13 heavy (non-hydrogen) atoms. The lowest BCUT2D eigenvalue weighted by atomic mass is 10.1. The van der Waals surface area contributed by atoms with Gasteiger partial charge in [0.1, 0.15) is 12.0 Å². The van der Waals surface area contributed by atoms with Crippen molar-refractivity contribution in [3.05, 3.63) is 29.3 Å². The first-order valence-electron chi connectivity index (χ1n) is 4.29. The van der Waals surface area contributed by atoms with E-state index in [0.717, 1.165) is 12.0 Å². The molecule has 1 atom stereocenters. The SMILES string of the molecule is CCc1ccc(OC)c(C(N)O)c1. The Labute approximate surface area is 78.1 Å². The van der Waals surface area contributed by atoms with Gasteiger partial charge in [0, 0.05) is 5.56 Å². The van der Waals surface area contributed by atoms with E-state index < -0.39 is 6.23 Å². The van der Waals surface area contributed by atoms with Gasteiger partial charge in [0.2, 0.25) is 0 Å². The fourth-order valence-electron chi connectivity index (χ4n) is 1.23. The molecule has 0 radical (unpaired) electrons. The second-order valence-electron chi connectivity index (χ2n) is 2.87. The van der Waals surface area contributed by atoms with Crippen molar-refractivity contribution in [2.45, 2.75) is 19.6 Å². The van der Waals surface area contributed by atoms with Gasteiger partial charge in [0.15, 0.2) is 0 Å². The van der Waals surface area contributed by atoms with Gasteiger partial charge in [-0.1, -0.05) is 13.0 Å². The van der Waals surface area contributed by atoms with E-state index in [9.17, 15) is 5.11 Å². The molecule has 1 aromatic rings. The average Bonchev–Trinajstić information content (AvgIpc) is 2.16. The average molecular weight is 181 g/mol. The minimum atomic E-state index is -0.971. The highest BCUT2D eigenvalue weighted by atomic mass is 16.5. The Morgan fingerprint density at radius 3 is 2.69 bits per heavy atom. The maximum Gasteiger partial charge on any atom is 0.132 e. The van der Waals surface area contributed by atoms with Crippen molar-refractivity contribution in [1.29, 1.82) is 0 Å². The summed E-state index contributed by atoms with van der Waals surface area (Å²) in [5, 5.41) is 9.25. The van der Waals surface area contributed by atoms with Crippen LogP contribution in [0.4, 0.5) is 0 Å². The Morgan fingerprint density at radius 1 is 1.54 bits per heavy atom. The molecular weight excluding hydrogens is 166 g/mol. The number of ether oxygens (including phenoxy) is 1. The first kappa shape index (κ1) is 10.0. The monoisotopic (exact) mass is 181 g/mol. The molecular formula is C10H15NO2. The van der Waals surface area contributed by atoms with E-state index in [2.05, 4.69) is 6.92 Å². The fraction of sp³-hybridized carbons (Fsp3) is 0.400. The van der Waals surface area contributed by atoms with Gasteiger partial charge in [0.25, 0.3) is 0 Å². The van der Waals surface area contributed by atoms with Crippen molar-refractivity contribution in [2.24, 2.45) is 5.73 Å². The molecule has 0 aromatic heterocycles. The van der Waals surface area contributed by atoms with Crippen LogP contribution in [0.2, 0.25) is 0 Å². The van der Waals surface area contributed by atoms with Gasteiger partial charge >= 0.3 is 0 Å². The molecule has 0 fully saturated rings. The lowest BCUT2D eigenvalue weighted by Crippen LogP contribution is -2.10. The summed E-state index contributed by atoms with van der Waals surface area (Å²) in [6.45, 7) is 2.05. The molecule has 0 bridgehead atoms.